The first kappa shape index (κ1) is 15.4. The van der Waals surface area contributed by atoms with Crippen LogP contribution in [0.15, 0.2) is 43.1 Å². The maximum atomic E-state index is 12.4. The fourth-order valence-corrected chi connectivity index (χ4v) is 2.81. The predicted octanol–water partition coefficient (Wildman–Crippen LogP) is 1.54. The molecule has 2 aromatic rings. The van der Waals surface area contributed by atoms with Gasteiger partial charge < -0.3 is 9.80 Å². The van der Waals surface area contributed by atoms with Crippen LogP contribution in [-0.2, 0) is 11.2 Å². The third-order valence-electron chi connectivity index (χ3n) is 4.07. The molecule has 2 aromatic heterocycles. The Morgan fingerprint density at radius 2 is 1.96 bits per heavy atom. The van der Waals surface area contributed by atoms with Crippen LogP contribution in [0.3, 0.4) is 0 Å². The van der Waals surface area contributed by atoms with E-state index in [-0.39, 0.29) is 5.91 Å². The van der Waals surface area contributed by atoms with Crippen molar-refractivity contribution in [3.05, 3.63) is 48.7 Å². The van der Waals surface area contributed by atoms with Crippen LogP contribution in [0.5, 0.6) is 0 Å². The Hall–Kier alpha value is -2.50. The summed E-state index contributed by atoms with van der Waals surface area (Å²) in [7, 11) is 0. The highest BCUT2D eigenvalue weighted by atomic mass is 16.2. The first-order valence-electron chi connectivity index (χ1n) is 8.00. The lowest BCUT2D eigenvalue weighted by Gasteiger charge is -2.22. The van der Waals surface area contributed by atoms with E-state index in [1.54, 1.807) is 24.8 Å². The molecule has 0 N–H and O–H groups in total. The molecule has 1 aliphatic rings. The number of rotatable bonds is 4. The number of hydrogen-bond acceptors (Lipinski definition) is 5. The molecule has 0 spiro atoms. The minimum atomic E-state index is 0.217. The SMILES string of the molecule is O=C(CCc1cccnc1)N1CCCN(c2cnccn2)CC1. The molecule has 6 heteroatoms. The first-order valence-corrected chi connectivity index (χ1v) is 8.00. The summed E-state index contributed by atoms with van der Waals surface area (Å²) in [6.45, 7) is 3.26. The van der Waals surface area contributed by atoms with Crippen LogP contribution in [0, 0.1) is 0 Å². The normalized spacial score (nSPS) is 15.3. The van der Waals surface area contributed by atoms with Gasteiger partial charge in [-0.25, -0.2) is 4.98 Å². The molecule has 0 radical (unpaired) electrons. The highest BCUT2D eigenvalue weighted by Crippen LogP contribution is 2.13. The van der Waals surface area contributed by atoms with Gasteiger partial charge in [0.05, 0.1) is 6.20 Å². The fourth-order valence-electron chi connectivity index (χ4n) is 2.81. The average molecular weight is 311 g/mol. The maximum absolute atomic E-state index is 12.4. The summed E-state index contributed by atoms with van der Waals surface area (Å²) in [5, 5.41) is 0. The van der Waals surface area contributed by atoms with E-state index < -0.39 is 0 Å². The lowest BCUT2D eigenvalue weighted by atomic mass is 10.1. The summed E-state index contributed by atoms with van der Waals surface area (Å²) in [6.07, 6.45) is 11.0. The second-order valence-corrected chi connectivity index (χ2v) is 5.65. The number of carbonyl (C=O) groups excluding carboxylic acids is 1. The van der Waals surface area contributed by atoms with Crippen molar-refractivity contribution in [2.75, 3.05) is 31.1 Å². The molecule has 23 heavy (non-hydrogen) atoms. The second-order valence-electron chi connectivity index (χ2n) is 5.65. The molecule has 1 saturated heterocycles. The zero-order chi connectivity index (χ0) is 15.9. The van der Waals surface area contributed by atoms with Crippen molar-refractivity contribution in [1.29, 1.82) is 0 Å². The van der Waals surface area contributed by atoms with Gasteiger partial charge in [-0.2, -0.15) is 0 Å². The third-order valence-corrected chi connectivity index (χ3v) is 4.07. The van der Waals surface area contributed by atoms with Crippen LogP contribution in [0.4, 0.5) is 5.82 Å². The molecule has 6 nitrogen and oxygen atoms in total. The summed E-state index contributed by atoms with van der Waals surface area (Å²) in [5.41, 5.74) is 1.11. The number of hydrogen-bond donors (Lipinski definition) is 0. The smallest absolute Gasteiger partial charge is 0.222 e. The van der Waals surface area contributed by atoms with E-state index >= 15 is 0 Å². The van der Waals surface area contributed by atoms with Gasteiger partial charge >= 0.3 is 0 Å². The first-order chi connectivity index (χ1) is 11.3. The van der Waals surface area contributed by atoms with Crippen LogP contribution in [-0.4, -0.2) is 51.9 Å². The van der Waals surface area contributed by atoms with E-state index in [2.05, 4.69) is 19.9 Å². The lowest BCUT2D eigenvalue weighted by molar-refractivity contribution is -0.130. The number of nitrogens with zero attached hydrogens (tertiary/aromatic N) is 5. The van der Waals surface area contributed by atoms with Gasteiger partial charge in [-0.3, -0.25) is 14.8 Å². The summed E-state index contributed by atoms with van der Waals surface area (Å²) in [6, 6.07) is 3.92. The van der Waals surface area contributed by atoms with E-state index in [4.69, 9.17) is 0 Å². The van der Waals surface area contributed by atoms with E-state index in [1.165, 1.54) is 0 Å². The fraction of sp³-hybridized carbons (Fsp3) is 0.412. The summed E-state index contributed by atoms with van der Waals surface area (Å²) in [5.74, 6) is 1.10. The number of anilines is 1. The number of pyridine rings is 1. The van der Waals surface area contributed by atoms with Crippen molar-refractivity contribution in [1.82, 2.24) is 19.9 Å². The van der Waals surface area contributed by atoms with Crippen LogP contribution in [0.2, 0.25) is 0 Å². The Morgan fingerprint density at radius 3 is 2.74 bits per heavy atom. The molecule has 3 heterocycles. The Kier molecular flexibility index (Phi) is 5.13. The van der Waals surface area contributed by atoms with E-state index in [0.717, 1.165) is 50.4 Å². The molecular formula is C17H21N5O. The Bertz CT molecular complexity index is 619. The largest absolute Gasteiger partial charge is 0.354 e. The third kappa shape index (κ3) is 4.25. The zero-order valence-corrected chi connectivity index (χ0v) is 13.1. The molecule has 0 saturated carbocycles. The number of amides is 1. The van der Waals surface area contributed by atoms with E-state index in [9.17, 15) is 4.79 Å². The van der Waals surface area contributed by atoms with E-state index in [1.807, 2.05) is 23.2 Å². The molecule has 1 aliphatic heterocycles. The van der Waals surface area contributed by atoms with Crippen LogP contribution in [0.25, 0.3) is 0 Å². The highest BCUT2D eigenvalue weighted by molar-refractivity contribution is 5.76. The van der Waals surface area contributed by atoms with Crippen LogP contribution >= 0.6 is 0 Å². The van der Waals surface area contributed by atoms with Gasteiger partial charge in [-0.1, -0.05) is 6.07 Å². The average Bonchev–Trinajstić information content (AvgIpc) is 2.87. The molecule has 0 aliphatic carbocycles. The van der Waals surface area contributed by atoms with Gasteiger partial charge in [0, 0.05) is 57.4 Å². The molecule has 0 aromatic carbocycles. The van der Waals surface area contributed by atoms with Crippen molar-refractivity contribution in [3.8, 4) is 0 Å². The number of aromatic nitrogens is 3. The molecule has 3 rings (SSSR count). The molecule has 0 bridgehead atoms. The molecular weight excluding hydrogens is 290 g/mol. The summed E-state index contributed by atoms with van der Waals surface area (Å²) >= 11 is 0. The van der Waals surface area contributed by atoms with E-state index in [0.29, 0.717) is 6.42 Å². The maximum Gasteiger partial charge on any atom is 0.222 e. The van der Waals surface area contributed by atoms with Crippen LogP contribution < -0.4 is 4.90 Å². The van der Waals surface area contributed by atoms with Crippen LogP contribution in [0.1, 0.15) is 18.4 Å². The quantitative estimate of drug-likeness (QED) is 0.857. The van der Waals surface area contributed by atoms with Gasteiger partial charge in [0.15, 0.2) is 0 Å². The van der Waals surface area contributed by atoms with Crippen molar-refractivity contribution in [3.63, 3.8) is 0 Å². The topological polar surface area (TPSA) is 62.2 Å². The monoisotopic (exact) mass is 311 g/mol. The minimum Gasteiger partial charge on any atom is -0.354 e. The summed E-state index contributed by atoms with van der Waals surface area (Å²) < 4.78 is 0. The molecule has 120 valence electrons. The second kappa shape index (κ2) is 7.67. The lowest BCUT2D eigenvalue weighted by Crippen LogP contribution is -2.35. The van der Waals surface area contributed by atoms with Gasteiger partial charge in [0.1, 0.15) is 5.82 Å². The molecule has 1 fully saturated rings. The number of aryl methyl sites for hydroxylation is 1. The predicted molar refractivity (Wildman–Crippen MR) is 88.0 cm³/mol. The van der Waals surface area contributed by atoms with Crippen molar-refractivity contribution >= 4 is 11.7 Å². The van der Waals surface area contributed by atoms with Crippen molar-refractivity contribution in [2.24, 2.45) is 0 Å². The van der Waals surface area contributed by atoms with Gasteiger partial charge in [0.25, 0.3) is 0 Å². The number of carbonyl (C=O) groups is 1. The van der Waals surface area contributed by atoms with Gasteiger partial charge in [0.2, 0.25) is 5.91 Å². The Balaban J connectivity index is 1.52. The molecule has 0 unspecified atom stereocenters. The Labute approximate surface area is 136 Å². The van der Waals surface area contributed by atoms with Gasteiger partial charge in [-0.15, -0.1) is 0 Å². The standard InChI is InChI=1S/C17H21N5O/c23-17(5-4-15-3-1-6-18-13-15)22-10-2-9-21(11-12-22)16-14-19-7-8-20-16/h1,3,6-8,13-14H,2,4-5,9-12H2. The summed E-state index contributed by atoms with van der Waals surface area (Å²) in [4.78, 5) is 29.1. The Morgan fingerprint density at radius 1 is 1.04 bits per heavy atom. The molecule has 1 amide bonds. The zero-order valence-electron chi connectivity index (χ0n) is 13.1. The minimum absolute atomic E-state index is 0.217. The molecule has 0 atom stereocenters. The van der Waals surface area contributed by atoms with Gasteiger partial charge in [-0.05, 0) is 24.5 Å². The van der Waals surface area contributed by atoms with Crippen molar-refractivity contribution < 1.29 is 4.79 Å². The highest BCUT2D eigenvalue weighted by Gasteiger charge is 2.19. The van der Waals surface area contributed by atoms with Crippen molar-refractivity contribution in [2.45, 2.75) is 19.3 Å².